The quantitative estimate of drug-likeness (QED) is 0.147. The highest BCUT2D eigenvalue weighted by Gasteiger charge is 2.54. The van der Waals surface area contributed by atoms with Gasteiger partial charge in [-0.05, 0) is 145 Å². The maximum atomic E-state index is 2.59. The first-order chi connectivity index (χ1) is 38.5. The Balaban J connectivity index is 0.945. The molecule has 0 amide bonds. The molecule has 0 N–H and O–H groups in total. The van der Waals surface area contributed by atoms with Gasteiger partial charge in [-0.25, -0.2) is 0 Å². The first-order valence-electron chi connectivity index (χ1n) is 27.6. The van der Waals surface area contributed by atoms with Gasteiger partial charge in [-0.2, -0.15) is 0 Å². The van der Waals surface area contributed by atoms with Crippen LogP contribution in [-0.2, 0) is 10.8 Å². The lowest BCUT2D eigenvalue weighted by atomic mass is 9.54. The van der Waals surface area contributed by atoms with E-state index in [0.717, 1.165) is 29.9 Å². The van der Waals surface area contributed by atoms with Crippen LogP contribution in [-0.4, -0.2) is 4.57 Å². The second kappa shape index (κ2) is 18.1. The Morgan fingerprint density at radius 3 is 1.54 bits per heavy atom. The van der Waals surface area contributed by atoms with Crippen molar-refractivity contribution in [2.75, 3.05) is 4.90 Å². The molecular weight excluding hydrogens is 941 g/mol. The third-order valence-electron chi connectivity index (χ3n) is 17.4. The predicted molar refractivity (Wildman–Crippen MR) is 327 cm³/mol. The van der Waals surface area contributed by atoms with Gasteiger partial charge in [-0.1, -0.05) is 244 Å². The number of anilines is 2. The molecule has 0 bridgehead atoms. The van der Waals surface area contributed by atoms with Crippen molar-refractivity contribution in [1.29, 1.82) is 0 Å². The molecule has 0 aliphatic heterocycles. The van der Waals surface area contributed by atoms with Crippen LogP contribution in [0.25, 0.3) is 77.6 Å². The third-order valence-corrected chi connectivity index (χ3v) is 17.4. The summed E-state index contributed by atoms with van der Waals surface area (Å²) in [4.78, 5) is 2.59. The molecule has 3 aliphatic rings. The Hall–Kier alpha value is -9.50. The van der Waals surface area contributed by atoms with Crippen LogP contribution < -0.4 is 4.90 Å². The van der Waals surface area contributed by atoms with Gasteiger partial charge in [0.1, 0.15) is 0 Å². The van der Waals surface area contributed by atoms with Gasteiger partial charge in [0, 0.05) is 38.8 Å². The van der Waals surface area contributed by atoms with E-state index in [4.69, 9.17) is 0 Å². The maximum absolute atomic E-state index is 2.59. The molecule has 0 unspecified atom stereocenters. The van der Waals surface area contributed by atoms with E-state index in [1.807, 2.05) is 0 Å². The van der Waals surface area contributed by atoms with Crippen molar-refractivity contribution in [3.8, 4) is 50.2 Å². The molecule has 1 heterocycles. The summed E-state index contributed by atoms with van der Waals surface area (Å²) in [6.07, 6.45) is 4.33. The van der Waals surface area contributed by atoms with Gasteiger partial charge in [0.15, 0.2) is 0 Å². The molecule has 78 heavy (non-hydrogen) atoms. The number of fused-ring (bicyclic) bond motifs is 11. The monoisotopic (exact) mass is 996 g/mol. The molecule has 0 fully saturated rings. The molecule has 12 aromatic rings. The zero-order valence-electron chi connectivity index (χ0n) is 43.9. The topological polar surface area (TPSA) is 8.17 Å². The summed E-state index contributed by atoms with van der Waals surface area (Å²) in [6, 6.07) is 101. The Bertz CT molecular complexity index is 4350. The lowest BCUT2D eigenvalue weighted by molar-refractivity contribution is 0.548. The number of hydrogen-bond acceptors (Lipinski definition) is 1. The van der Waals surface area contributed by atoms with Gasteiger partial charge < -0.3 is 9.47 Å². The van der Waals surface area contributed by atoms with Crippen molar-refractivity contribution in [3.05, 3.63) is 324 Å². The largest absolute Gasteiger partial charge is 0.314 e. The fraction of sp³-hybridized carbons (Fsp3) is 0.0789. The van der Waals surface area contributed by atoms with Gasteiger partial charge in [0.2, 0.25) is 0 Å². The molecule has 1 aromatic heterocycles. The predicted octanol–water partition coefficient (Wildman–Crippen LogP) is 19.7. The number of para-hydroxylation sites is 3. The van der Waals surface area contributed by atoms with E-state index in [-0.39, 0.29) is 5.41 Å². The van der Waals surface area contributed by atoms with Crippen LogP contribution in [0, 0.1) is 0 Å². The zero-order chi connectivity index (χ0) is 52.0. The Morgan fingerprint density at radius 2 is 0.846 bits per heavy atom. The summed E-state index contributed by atoms with van der Waals surface area (Å²) in [7, 11) is 0. The molecule has 0 saturated heterocycles. The second-order valence-corrected chi connectivity index (χ2v) is 21.8. The van der Waals surface area contributed by atoms with E-state index < -0.39 is 5.41 Å². The maximum Gasteiger partial charge on any atom is 0.0682 e. The number of hydrogen-bond donors (Lipinski definition) is 0. The van der Waals surface area contributed by atoms with E-state index >= 15 is 0 Å². The summed E-state index contributed by atoms with van der Waals surface area (Å²) in [5, 5.41) is 2.51. The molecule has 11 aromatic carbocycles. The second-order valence-electron chi connectivity index (χ2n) is 21.8. The van der Waals surface area contributed by atoms with Crippen LogP contribution in [0.3, 0.4) is 0 Å². The molecule has 0 atom stereocenters. The molecule has 2 heteroatoms. The van der Waals surface area contributed by atoms with E-state index in [1.165, 1.54) is 117 Å². The van der Waals surface area contributed by atoms with Gasteiger partial charge in [-0.15, -0.1) is 0 Å². The first kappa shape index (κ1) is 45.9. The number of nitrogens with zero attached hydrogens (tertiary/aromatic N) is 2. The van der Waals surface area contributed by atoms with Crippen molar-refractivity contribution in [3.63, 3.8) is 0 Å². The summed E-state index contributed by atoms with van der Waals surface area (Å²) in [6.45, 7) is 4.82. The fourth-order valence-corrected chi connectivity index (χ4v) is 14.1. The molecular formula is C76H56N2. The summed E-state index contributed by atoms with van der Waals surface area (Å²) >= 11 is 0. The molecule has 0 saturated carbocycles. The van der Waals surface area contributed by atoms with Crippen LogP contribution >= 0.6 is 0 Å². The van der Waals surface area contributed by atoms with Crippen LogP contribution in [0.1, 0.15) is 60.1 Å². The minimum atomic E-state index is -0.406. The van der Waals surface area contributed by atoms with E-state index in [1.54, 1.807) is 0 Å². The number of rotatable bonds is 8. The average Bonchev–Trinajstić information content (AvgIpc) is 3.25. The Labute approximate surface area is 457 Å². The van der Waals surface area contributed by atoms with Crippen LogP contribution in [0.4, 0.5) is 11.4 Å². The van der Waals surface area contributed by atoms with Gasteiger partial charge >= 0.3 is 0 Å². The highest BCUT2D eigenvalue weighted by atomic mass is 15.2. The van der Waals surface area contributed by atoms with Crippen molar-refractivity contribution < 1.29 is 0 Å². The highest BCUT2D eigenvalue weighted by molar-refractivity contribution is 6.16. The van der Waals surface area contributed by atoms with E-state index in [0.29, 0.717) is 0 Å². The number of benzene rings is 11. The average molecular weight is 997 g/mol. The highest BCUT2D eigenvalue weighted by Crippen LogP contribution is 2.63. The van der Waals surface area contributed by atoms with E-state index in [9.17, 15) is 0 Å². The van der Waals surface area contributed by atoms with Gasteiger partial charge in [0.25, 0.3) is 0 Å². The minimum absolute atomic E-state index is 0.151. The van der Waals surface area contributed by atoms with Crippen molar-refractivity contribution in [1.82, 2.24) is 4.57 Å². The molecule has 370 valence electrons. The van der Waals surface area contributed by atoms with Crippen molar-refractivity contribution >= 4 is 38.8 Å². The Morgan fingerprint density at radius 1 is 0.359 bits per heavy atom. The van der Waals surface area contributed by atoms with Crippen molar-refractivity contribution in [2.45, 2.75) is 37.5 Å². The molecule has 2 nitrogen and oxygen atoms in total. The summed E-state index contributed by atoms with van der Waals surface area (Å²) in [5.41, 5.74) is 27.3. The first-order valence-corrected chi connectivity index (χ1v) is 27.6. The Kier molecular flexibility index (Phi) is 10.6. The fourth-order valence-electron chi connectivity index (χ4n) is 14.1. The summed E-state index contributed by atoms with van der Waals surface area (Å²) < 4.78 is 2.41. The molecule has 0 radical (unpaired) electrons. The van der Waals surface area contributed by atoms with Crippen LogP contribution in [0.5, 0.6) is 0 Å². The lowest BCUT2D eigenvalue weighted by Gasteiger charge is -2.48. The third kappa shape index (κ3) is 6.82. The molecule has 3 aliphatic carbocycles. The SMILES string of the molecule is CC1(C)c2ccccc2C2(C3=C(C=C(N(c4ccc(-c5cccc6c5c5ccccc5n6-c5ccccc5)cc4)c4ccccc4-c4ccccc4-c4ccccc4-c4ccccc4)CC3)c3ccccc32)c2ccccc21. The number of aromatic nitrogens is 1. The van der Waals surface area contributed by atoms with Gasteiger partial charge in [0.05, 0.1) is 22.1 Å². The summed E-state index contributed by atoms with van der Waals surface area (Å²) in [5.74, 6) is 0. The van der Waals surface area contributed by atoms with Crippen LogP contribution in [0.2, 0.25) is 0 Å². The zero-order valence-corrected chi connectivity index (χ0v) is 43.9. The molecule has 15 rings (SSSR count). The van der Waals surface area contributed by atoms with Crippen LogP contribution in [0.15, 0.2) is 290 Å². The normalized spacial score (nSPS) is 14.7. The molecule has 1 spiro atoms. The van der Waals surface area contributed by atoms with Crippen molar-refractivity contribution in [2.24, 2.45) is 0 Å². The number of allylic oxidation sites excluding steroid dienone is 4. The lowest BCUT2D eigenvalue weighted by Crippen LogP contribution is -2.41. The standard InChI is InChI=1S/C76H56N2/c1-75(2)67-37-17-19-39-69(67)76(70-40-20-18-38-68(70)75)65-36-16-13-32-61(65)64-50-55(48-49-66(64)76)77(71-41-21-14-33-62(71)60-31-12-11-30-59(60)58-29-10-9-28-56(58)51-24-5-3-6-25-51)54-46-44-52(45-47-54)57-35-23-43-73-74(57)63-34-15-22-42-72(63)78(73)53-26-7-4-8-27-53/h3-47,50H,48-49H2,1-2H3. The van der Waals surface area contributed by atoms with Gasteiger partial charge in [-0.3, -0.25) is 0 Å². The minimum Gasteiger partial charge on any atom is -0.314 e. The van der Waals surface area contributed by atoms with E-state index in [2.05, 4.69) is 302 Å². The smallest absolute Gasteiger partial charge is 0.0682 e.